The molecule has 2 aliphatic rings. The van der Waals surface area contributed by atoms with E-state index in [1.807, 2.05) is 0 Å². The maximum Gasteiger partial charge on any atom is 0.268 e. The second-order valence-electron chi connectivity index (χ2n) is 6.87. The molecule has 0 aromatic rings. The van der Waals surface area contributed by atoms with Crippen LogP contribution in [0, 0.1) is 11.3 Å². The number of alkyl halides is 2. The number of likely N-dealkylation sites (tertiary alicyclic amines) is 1. The fourth-order valence-corrected chi connectivity index (χ4v) is 4.46. The summed E-state index contributed by atoms with van der Waals surface area (Å²) in [4.78, 5) is 13.1. The SMILES string of the molecule is CC(C)S(=O)(=O)N1CCC(NCC(=O)N2CC(F)(F)C[C@H]2C#N)CC1. The Bertz CT molecular complexity index is 640. The van der Waals surface area contributed by atoms with E-state index in [4.69, 9.17) is 5.26 Å². The number of nitrogens with zero attached hydrogens (tertiary/aromatic N) is 3. The Morgan fingerprint density at radius 1 is 1.36 bits per heavy atom. The summed E-state index contributed by atoms with van der Waals surface area (Å²) < 4.78 is 52.4. The number of piperidine rings is 1. The molecular weight excluding hydrogens is 354 g/mol. The summed E-state index contributed by atoms with van der Waals surface area (Å²) in [5.41, 5.74) is 0. The minimum atomic E-state index is -3.28. The van der Waals surface area contributed by atoms with Gasteiger partial charge >= 0.3 is 0 Å². The lowest BCUT2D eigenvalue weighted by Crippen LogP contribution is -2.49. The molecule has 0 bridgehead atoms. The lowest BCUT2D eigenvalue weighted by atomic mass is 10.1. The van der Waals surface area contributed by atoms with E-state index < -0.39 is 46.1 Å². The average molecular weight is 378 g/mol. The third-order valence-electron chi connectivity index (χ3n) is 4.69. The number of amides is 1. The van der Waals surface area contributed by atoms with Crippen LogP contribution in [-0.2, 0) is 14.8 Å². The number of halogens is 2. The molecule has 0 aromatic carbocycles. The molecule has 1 N–H and O–H groups in total. The number of carbonyl (C=O) groups is 1. The monoisotopic (exact) mass is 378 g/mol. The highest BCUT2D eigenvalue weighted by atomic mass is 32.2. The van der Waals surface area contributed by atoms with Gasteiger partial charge in [0.2, 0.25) is 15.9 Å². The van der Waals surface area contributed by atoms with Gasteiger partial charge in [0.15, 0.2) is 0 Å². The maximum absolute atomic E-state index is 13.4. The van der Waals surface area contributed by atoms with Crippen LogP contribution < -0.4 is 5.32 Å². The van der Waals surface area contributed by atoms with Crippen molar-refractivity contribution in [2.24, 2.45) is 0 Å². The van der Waals surface area contributed by atoms with Crippen LogP contribution in [0.3, 0.4) is 0 Å². The Kier molecular flexibility index (Phi) is 6.01. The molecule has 25 heavy (non-hydrogen) atoms. The molecule has 7 nitrogen and oxygen atoms in total. The number of hydrogen-bond acceptors (Lipinski definition) is 5. The highest BCUT2D eigenvalue weighted by Crippen LogP contribution is 2.31. The minimum Gasteiger partial charge on any atom is -0.319 e. The lowest BCUT2D eigenvalue weighted by molar-refractivity contribution is -0.131. The van der Waals surface area contributed by atoms with E-state index in [1.54, 1.807) is 19.9 Å². The topological polar surface area (TPSA) is 93.5 Å². The molecule has 2 rings (SSSR count). The van der Waals surface area contributed by atoms with Crippen LogP contribution in [0.5, 0.6) is 0 Å². The van der Waals surface area contributed by atoms with Crippen molar-refractivity contribution in [3.05, 3.63) is 0 Å². The first kappa shape index (κ1) is 20.0. The molecule has 2 aliphatic heterocycles. The maximum atomic E-state index is 13.4. The van der Waals surface area contributed by atoms with Gasteiger partial charge in [-0.05, 0) is 26.7 Å². The third kappa shape index (κ3) is 4.65. The molecule has 1 amide bonds. The molecule has 0 radical (unpaired) electrons. The fraction of sp³-hybridized carbons (Fsp3) is 0.867. The van der Waals surface area contributed by atoms with Gasteiger partial charge in [-0.2, -0.15) is 5.26 Å². The Hall–Kier alpha value is -1.31. The zero-order chi connectivity index (χ0) is 18.8. The van der Waals surface area contributed by atoms with E-state index in [2.05, 4.69) is 5.32 Å². The van der Waals surface area contributed by atoms with Crippen LogP contribution in [0.2, 0.25) is 0 Å². The quantitative estimate of drug-likeness (QED) is 0.754. The number of nitrogens with one attached hydrogen (secondary N) is 1. The number of carbonyl (C=O) groups excluding carboxylic acids is 1. The number of hydrogen-bond donors (Lipinski definition) is 1. The second kappa shape index (κ2) is 7.51. The molecule has 0 unspecified atom stereocenters. The van der Waals surface area contributed by atoms with Gasteiger partial charge in [0, 0.05) is 25.6 Å². The molecule has 1 atom stereocenters. The lowest BCUT2D eigenvalue weighted by Gasteiger charge is -2.33. The highest BCUT2D eigenvalue weighted by molar-refractivity contribution is 7.89. The number of rotatable bonds is 5. The molecule has 2 fully saturated rings. The van der Waals surface area contributed by atoms with Crippen molar-refractivity contribution in [3.8, 4) is 6.07 Å². The van der Waals surface area contributed by atoms with Crippen molar-refractivity contribution in [1.29, 1.82) is 5.26 Å². The molecule has 0 spiro atoms. The van der Waals surface area contributed by atoms with Gasteiger partial charge in [-0.15, -0.1) is 0 Å². The normalized spacial score (nSPS) is 25.3. The number of sulfonamides is 1. The molecule has 10 heteroatoms. The first-order valence-electron chi connectivity index (χ1n) is 8.36. The van der Waals surface area contributed by atoms with Crippen LogP contribution in [0.1, 0.15) is 33.1 Å². The van der Waals surface area contributed by atoms with Crippen molar-refractivity contribution in [3.63, 3.8) is 0 Å². The summed E-state index contributed by atoms with van der Waals surface area (Å²) in [5.74, 6) is -3.55. The van der Waals surface area contributed by atoms with Gasteiger partial charge < -0.3 is 10.2 Å². The standard InChI is InChI=1S/C15H24F2N4O3S/c1-11(2)25(23,24)20-5-3-12(4-6-20)19-9-14(22)21-10-15(16,17)7-13(21)8-18/h11-13,19H,3-7,9-10H2,1-2H3/t13-/m0/s1. The van der Waals surface area contributed by atoms with Gasteiger partial charge in [-0.3, -0.25) is 4.79 Å². The first-order chi connectivity index (χ1) is 11.6. The molecule has 142 valence electrons. The molecule has 2 saturated heterocycles. The smallest absolute Gasteiger partial charge is 0.268 e. The van der Waals surface area contributed by atoms with Crippen LogP contribution in [0.25, 0.3) is 0 Å². The summed E-state index contributed by atoms with van der Waals surface area (Å²) in [6.45, 7) is 3.15. The zero-order valence-corrected chi connectivity index (χ0v) is 15.2. The van der Waals surface area contributed by atoms with Crippen molar-refractivity contribution < 1.29 is 22.0 Å². The predicted octanol–water partition coefficient (Wildman–Crippen LogP) is 0.538. The molecule has 0 aromatic heterocycles. The Labute approximate surface area is 147 Å². The van der Waals surface area contributed by atoms with Crippen molar-refractivity contribution in [2.45, 2.75) is 56.4 Å². The van der Waals surface area contributed by atoms with Gasteiger partial charge in [0.25, 0.3) is 5.92 Å². The van der Waals surface area contributed by atoms with Crippen LogP contribution in [-0.4, -0.2) is 73.0 Å². The second-order valence-corrected chi connectivity index (χ2v) is 9.36. The van der Waals surface area contributed by atoms with Gasteiger partial charge in [-0.1, -0.05) is 0 Å². The Morgan fingerprint density at radius 2 is 1.96 bits per heavy atom. The van der Waals surface area contributed by atoms with E-state index in [1.165, 1.54) is 4.31 Å². The van der Waals surface area contributed by atoms with Gasteiger partial charge in [-0.25, -0.2) is 21.5 Å². The summed E-state index contributed by atoms with van der Waals surface area (Å²) in [6.07, 6.45) is 0.481. The minimum absolute atomic E-state index is 0.0498. The number of nitriles is 1. The predicted molar refractivity (Wildman–Crippen MR) is 87.3 cm³/mol. The molecular formula is C15H24F2N4O3S. The van der Waals surface area contributed by atoms with Crippen molar-refractivity contribution in [2.75, 3.05) is 26.2 Å². The molecule has 2 heterocycles. The van der Waals surface area contributed by atoms with Crippen molar-refractivity contribution in [1.82, 2.24) is 14.5 Å². The van der Waals surface area contributed by atoms with E-state index in [0.29, 0.717) is 25.9 Å². The van der Waals surface area contributed by atoms with Crippen LogP contribution in [0.4, 0.5) is 8.78 Å². The first-order valence-corrected chi connectivity index (χ1v) is 9.86. The van der Waals surface area contributed by atoms with Crippen LogP contribution >= 0.6 is 0 Å². The highest BCUT2D eigenvalue weighted by Gasteiger charge is 2.47. The van der Waals surface area contributed by atoms with Gasteiger partial charge in [0.1, 0.15) is 6.04 Å². The van der Waals surface area contributed by atoms with Crippen molar-refractivity contribution >= 4 is 15.9 Å². The summed E-state index contributed by atoms with van der Waals surface area (Å²) in [5, 5.41) is 11.5. The van der Waals surface area contributed by atoms with E-state index >= 15 is 0 Å². The Morgan fingerprint density at radius 3 is 2.48 bits per heavy atom. The molecule has 0 saturated carbocycles. The average Bonchev–Trinajstić information content (AvgIpc) is 2.88. The summed E-state index contributed by atoms with van der Waals surface area (Å²) >= 11 is 0. The summed E-state index contributed by atoms with van der Waals surface area (Å²) in [7, 11) is -3.28. The summed E-state index contributed by atoms with van der Waals surface area (Å²) in [6, 6.07) is 0.601. The van der Waals surface area contributed by atoms with Crippen LogP contribution in [0.15, 0.2) is 0 Å². The van der Waals surface area contributed by atoms with E-state index in [0.717, 1.165) is 4.90 Å². The molecule has 0 aliphatic carbocycles. The zero-order valence-electron chi connectivity index (χ0n) is 14.4. The Balaban J connectivity index is 1.82. The van der Waals surface area contributed by atoms with Gasteiger partial charge in [0.05, 0.1) is 24.4 Å². The fourth-order valence-electron chi connectivity index (χ4n) is 3.14. The van der Waals surface area contributed by atoms with E-state index in [-0.39, 0.29) is 12.6 Å². The third-order valence-corrected chi connectivity index (χ3v) is 6.97. The van der Waals surface area contributed by atoms with E-state index in [9.17, 15) is 22.0 Å². The largest absolute Gasteiger partial charge is 0.319 e.